The van der Waals surface area contributed by atoms with Gasteiger partial charge in [0.15, 0.2) is 0 Å². The number of anilines is 1. The van der Waals surface area contributed by atoms with Gasteiger partial charge in [0, 0.05) is 29.1 Å². The molecule has 5 nitrogen and oxygen atoms in total. The summed E-state index contributed by atoms with van der Waals surface area (Å²) in [5.74, 6) is 0.524. The summed E-state index contributed by atoms with van der Waals surface area (Å²) in [6.07, 6.45) is 5.23. The Kier molecular flexibility index (Phi) is 5.71. The van der Waals surface area contributed by atoms with Crippen LogP contribution in [0.5, 0.6) is 5.75 Å². The van der Waals surface area contributed by atoms with E-state index in [2.05, 4.69) is 5.32 Å². The molecule has 148 valence electrons. The van der Waals surface area contributed by atoms with E-state index in [9.17, 15) is 4.79 Å². The molecule has 0 unspecified atom stereocenters. The van der Waals surface area contributed by atoms with Crippen LogP contribution >= 0.6 is 0 Å². The number of nitrogens with zero attached hydrogens (tertiary/aromatic N) is 2. The lowest BCUT2D eigenvalue weighted by atomic mass is 10.1. The van der Waals surface area contributed by atoms with Gasteiger partial charge in [0.25, 0.3) is 0 Å². The molecule has 0 aliphatic rings. The van der Waals surface area contributed by atoms with Gasteiger partial charge in [-0.05, 0) is 42.5 Å². The summed E-state index contributed by atoms with van der Waals surface area (Å²) in [7, 11) is 1.61. The molecule has 4 aromatic rings. The van der Waals surface area contributed by atoms with Gasteiger partial charge in [-0.3, -0.25) is 4.79 Å². The largest absolute Gasteiger partial charge is 0.497 e. The van der Waals surface area contributed by atoms with Crippen LogP contribution in [0.3, 0.4) is 0 Å². The Morgan fingerprint density at radius 2 is 1.60 bits per heavy atom. The Labute approximate surface area is 175 Å². The van der Waals surface area contributed by atoms with E-state index < -0.39 is 0 Å². The van der Waals surface area contributed by atoms with E-state index in [4.69, 9.17) is 9.84 Å². The summed E-state index contributed by atoms with van der Waals surface area (Å²) in [5, 5.41) is 7.60. The Balaban J connectivity index is 1.60. The molecule has 0 radical (unpaired) electrons. The van der Waals surface area contributed by atoms with Gasteiger partial charge in [-0.1, -0.05) is 48.5 Å². The van der Waals surface area contributed by atoms with Gasteiger partial charge < -0.3 is 10.1 Å². The third-order valence-electron chi connectivity index (χ3n) is 4.58. The van der Waals surface area contributed by atoms with Crippen LogP contribution in [0.15, 0.2) is 97.2 Å². The van der Waals surface area contributed by atoms with Crippen LogP contribution in [-0.4, -0.2) is 22.8 Å². The average molecular weight is 395 g/mol. The predicted molar refractivity (Wildman–Crippen MR) is 120 cm³/mol. The highest BCUT2D eigenvalue weighted by Gasteiger charge is 2.10. The van der Waals surface area contributed by atoms with Crippen LogP contribution in [-0.2, 0) is 4.79 Å². The van der Waals surface area contributed by atoms with E-state index in [0.29, 0.717) is 5.69 Å². The van der Waals surface area contributed by atoms with E-state index in [1.165, 1.54) is 6.08 Å². The van der Waals surface area contributed by atoms with Crippen LogP contribution in [0.25, 0.3) is 23.0 Å². The van der Waals surface area contributed by atoms with Gasteiger partial charge in [0.05, 0.1) is 18.5 Å². The number of methoxy groups -OCH3 is 1. The normalized spacial score (nSPS) is 10.8. The summed E-state index contributed by atoms with van der Waals surface area (Å²) >= 11 is 0. The maximum Gasteiger partial charge on any atom is 0.248 e. The van der Waals surface area contributed by atoms with E-state index in [-0.39, 0.29) is 5.91 Å². The van der Waals surface area contributed by atoms with Crippen molar-refractivity contribution < 1.29 is 9.53 Å². The number of carbonyl (C=O) groups is 1. The monoisotopic (exact) mass is 395 g/mol. The van der Waals surface area contributed by atoms with Crippen LogP contribution < -0.4 is 10.1 Å². The Morgan fingerprint density at radius 3 is 2.27 bits per heavy atom. The molecule has 1 heterocycles. The Bertz CT molecular complexity index is 1150. The first kappa shape index (κ1) is 19.2. The molecule has 0 fully saturated rings. The molecule has 30 heavy (non-hydrogen) atoms. The number of ether oxygens (including phenoxy) is 1. The smallest absolute Gasteiger partial charge is 0.248 e. The summed E-state index contributed by atoms with van der Waals surface area (Å²) in [4.78, 5) is 12.4. The zero-order chi connectivity index (χ0) is 20.8. The number of nitrogens with one attached hydrogen (secondary N) is 1. The quantitative estimate of drug-likeness (QED) is 0.457. The van der Waals surface area contributed by atoms with Crippen molar-refractivity contribution in [3.63, 3.8) is 0 Å². The average Bonchev–Trinajstić information content (AvgIpc) is 3.24. The number of hydrogen-bond donors (Lipinski definition) is 1. The lowest BCUT2D eigenvalue weighted by Crippen LogP contribution is -2.07. The summed E-state index contributed by atoms with van der Waals surface area (Å²) in [5.41, 5.74) is 4.32. The Hall–Kier alpha value is -4.12. The maximum atomic E-state index is 12.4. The van der Waals surface area contributed by atoms with Crippen molar-refractivity contribution >= 4 is 17.7 Å². The fraction of sp³-hybridized carbons (Fsp3) is 0.0400. The first-order chi connectivity index (χ1) is 14.7. The second-order valence-corrected chi connectivity index (χ2v) is 6.63. The summed E-state index contributed by atoms with van der Waals surface area (Å²) in [6.45, 7) is 0. The number of aromatic nitrogens is 2. The first-order valence-electron chi connectivity index (χ1n) is 9.56. The zero-order valence-electron chi connectivity index (χ0n) is 16.5. The molecule has 0 spiro atoms. The van der Waals surface area contributed by atoms with Crippen molar-refractivity contribution in [2.24, 2.45) is 0 Å². The molecule has 0 aliphatic carbocycles. The van der Waals surface area contributed by atoms with Crippen molar-refractivity contribution in [2.75, 3.05) is 12.4 Å². The minimum atomic E-state index is -0.216. The predicted octanol–water partition coefficient (Wildman–Crippen LogP) is 5.20. The summed E-state index contributed by atoms with van der Waals surface area (Å²) < 4.78 is 6.96. The fourth-order valence-electron chi connectivity index (χ4n) is 3.07. The number of para-hydroxylation sites is 1. The van der Waals surface area contributed by atoms with Gasteiger partial charge in [-0.25, -0.2) is 4.68 Å². The molecule has 1 amide bonds. The molecule has 0 saturated carbocycles. The van der Waals surface area contributed by atoms with Gasteiger partial charge in [0.1, 0.15) is 5.75 Å². The highest BCUT2D eigenvalue weighted by Crippen LogP contribution is 2.25. The molecule has 0 bridgehead atoms. The van der Waals surface area contributed by atoms with E-state index in [1.54, 1.807) is 37.5 Å². The maximum absolute atomic E-state index is 12.4. The third-order valence-corrected chi connectivity index (χ3v) is 4.58. The van der Waals surface area contributed by atoms with Crippen molar-refractivity contribution in [1.82, 2.24) is 9.78 Å². The van der Waals surface area contributed by atoms with Gasteiger partial charge in [-0.2, -0.15) is 5.10 Å². The molecule has 0 atom stereocenters. The van der Waals surface area contributed by atoms with Crippen LogP contribution in [0, 0.1) is 0 Å². The first-order valence-corrected chi connectivity index (χ1v) is 9.56. The number of carbonyl (C=O) groups excluding carboxylic acids is 1. The number of benzene rings is 3. The summed E-state index contributed by atoms with van der Waals surface area (Å²) in [6, 6.07) is 27.0. The molecule has 0 saturated heterocycles. The van der Waals surface area contributed by atoms with Gasteiger partial charge >= 0.3 is 0 Å². The molecular formula is C25H21N3O2. The minimum Gasteiger partial charge on any atom is -0.497 e. The lowest BCUT2D eigenvalue weighted by Gasteiger charge is -2.03. The molecule has 1 N–H and O–H groups in total. The van der Waals surface area contributed by atoms with Crippen LogP contribution in [0.2, 0.25) is 0 Å². The standard InChI is InChI=1S/C25H21N3O2/c1-30-23-15-13-21(14-16-23)26-24(29)17-12-20-18-28(22-10-6-3-7-11-22)27-25(20)19-8-4-2-5-9-19/h2-18H,1H3,(H,26,29)/b17-12+. The zero-order valence-corrected chi connectivity index (χ0v) is 16.5. The third kappa shape index (κ3) is 4.47. The van der Waals surface area contributed by atoms with Crippen molar-refractivity contribution in [2.45, 2.75) is 0 Å². The lowest BCUT2D eigenvalue weighted by molar-refractivity contribution is -0.111. The molecule has 4 rings (SSSR count). The highest BCUT2D eigenvalue weighted by molar-refractivity contribution is 6.02. The van der Waals surface area contributed by atoms with E-state index >= 15 is 0 Å². The Morgan fingerprint density at radius 1 is 0.933 bits per heavy atom. The molecule has 3 aromatic carbocycles. The van der Waals surface area contributed by atoms with Crippen LogP contribution in [0.1, 0.15) is 5.56 Å². The fourth-order valence-corrected chi connectivity index (χ4v) is 3.07. The SMILES string of the molecule is COc1ccc(NC(=O)/C=C/c2cn(-c3ccccc3)nc2-c2ccccc2)cc1. The van der Waals surface area contributed by atoms with Crippen molar-refractivity contribution in [3.05, 3.63) is 103 Å². The van der Waals surface area contributed by atoms with Gasteiger partial charge in [0.2, 0.25) is 5.91 Å². The number of hydrogen-bond acceptors (Lipinski definition) is 3. The van der Waals surface area contributed by atoms with E-state index in [1.807, 2.05) is 71.5 Å². The minimum absolute atomic E-state index is 0.216. The molecule has 5 heteroatoms. The topological polar surface area (TPSA) is 56.1 Å². The second-order valence-electron chi connectivity index (χ2n) is 6.63. The highest BCUT2D eigenvalue weighted by atomic mass is 16.5. The second kappa shape index (κ2) is 8.92. The van der Waals surface area contributed by atoms with E-state index in [0.717, 1.165) is 28.3 Å². The number of amides is 1. The van der Waals surface area contributed by atoms with Crippen molar-refractivity contribution in [1.29, 1.82) is 0 Å². The number of rotatable bonds is 6. The van der Waals surface area contributed by atoms with Crippen LogP contribution in [0.4, 0.5) is 5.69 Å². The molecular weight excluding hydrogens is 374 g/mol. The van der Waals surface area contributed by atoms with Gasteiger partial charge in [-0.15, -0.1) is 0 Å². The molecule has 1 aromatic heterocycles. The molecule has 0 aliphatic heterocycles. The van der Waals surface area contributed by atoms with Crippen molar-refractivity contribution in [3.8, 4) is 22.7 Å².